The van der Waals surface area contributed by atoms with Gasteiger partial charge in [-0.3, -0.25) is 19.1 Å². The number of imidazole rings is 1. The van der Waals surface area contributed by atoms with Crippen molar-refractivity contribution in [3.05, 3.63) is 110 Å². The molecule has 210 valence electrons. The zero-order valence-electron chi connectivity index (χ0n) is 22.3. The molecule has 10 nitrogen and oxygen atoms in total. The topological polar surface area (TPSA) is 140 Å². The highest BCUT2D eigenvalue weighted by Crippen LogP contribution is 2.34. The Morgan fingerprint density at radius 3 is 2.71 bits per heavy atom. The number of aromatic amines is 1. The fraction of sp³-hybridized carbons (Fsp3) is 0.172. The molecule has 0 unspecified atom stereocenters. The molecular weight excluding hydrogens is 532 g/mol. The summed E-state index contributed by atoms with van der Waals surface area (Å²) in [7, 11) is 1.62. The van der Waals surface area contributed by atoms with Gasteiger partial charge in [-0.25, -0.2) is 18.4 Å². The minimum absolute atomic E-state index is 0.0256. The number of aromatic nitrogens is 4. The molecule has 5 rings (SSSR count). The number of carbonyl (C=O) groups is 2. The maximum atomic E-state index is 13.6. The van der Waals surface area contributed by atoms with Gasteiger partial charge in [0.2, 0.25) is 0 Å². The first-order valence-corrected chi connectivity index (χ1v) is 12.7. The maximum absolute atomic E-state index is 13.6. The van der Waals surface area contributed by atoms with E-state index in [-0.39, 0.29) is 31.1 Å². The molecule has 1 aliphatic heterocycles. The largest absolute Gasteiger partial charge is 0.348 e. The van der Waals surface area contributed by atoms with Crippen molar-refractivity contribution in [3.8, 4) is 0 Å². The number of hydrogen-bond donors (Lipinski definition) is 4. The van der Waals surface area contributed by atoms with Crippen LogP contribution in [0, 0.1) is 18.6 Å². The minimum Gasteiger partial charge on any atom is -0.348 e. The Hall–Kier alpha value is -5.10. The molecule has 0 radical (unpaired) electrons. The number of rotatable bonds is 8. The summed E-state index contributed by atoms with van der Waals surface area (Å²) in [6.07, 6.45) is 6.73. The highest BCUT2D eigenvalue weighted by Gasteiger charge is 2.25. The van der Waals surface area contributed by atoms with Gasteiger partial charge in [-0.05, 0) is 42.3 Å². The van der Waals surface area contributed by atoms with Gasteiger partial charge in [-0.2, -0.15) is 0 Å². The molecule has 1 aliphatic rings. The summed E-state index contributed by atoms with van der Waals surface area (Å²) in [4.78, 5) is 45.6. The summed E-state index contributed by atoms with van der Waals surface area (Å²) < 4.78 is 29.7. The smallest absolute Gasteiger partial charge is 0.280 e. The highest BCUT2D eigenvalue weighted by atomic mass is 19.2. The lowest BCUT2D eigenvalue weighted by Crippen LogP contribution is -2.31. The van der Waals surface area contributed by atoms with Gasteiger partial charge in [0.25, 0.3) is 17.4 Å². The van der Waals surface area contributed by atoms with Gasteiger partial charge in [-0.15, -0.1) is 0 Å². The van der Waals surface area contributed by atoms with Gasteiger partial charge in [-0.1, -0.05) is 30.4 Å². The third kappa shape index (κ3) is 5.37. The van der Waals surface area contributed by atoms with Gasteiger partial charge in [0, 0.05) is 37.1 Å². The van der Waals surface area contributed by atoms with Crippen LogP contribution in [-0.2, 0) is 24.9 Å². The van der Waals surface area contributed by atoms with Crippen molar-refractivity contribution in [2.75, 3.05) is 11.9 Å². The maximum Gasteiger partial charge on any atom is 0.280 e. The minimum atomic E-state index is -1.01. The molecular formula is C29H27F2N7O3. The van der Waals surface area contributed by atoms with E-state index in [1.807, 2.05) is 18.2 Å². The van der Waals surface area contributed by atoms with Crippen LogP contribution in [0.1, 0.15) is 44.1 Å². The number of nitrogens with two attached hydrogens (primary N) is 1. The monoisotopic (exact) mass is 559 g/mol. The van der Waals surface area contributed by atoms with Crippen LogP contribution in [0.3, 0.4) is 0 Å². The zero-order chi connectivity index (χ0) is 29.3. The second-order valence-corrected chi connectivity index (χ2v) is 9.50. The van der Waals surface area contributed by atoms with Crippen LogP contribution in [0.5, 0.6) is 0 Å². The first kappa shape index (κ1) is 27.5. The van der Waals surface area contributed by atoms with E-state index >= 15 is 0 Å². The van der Waals surface area contributed by atoms with E-state index in [4.69, 9.17) is 5.73 Å². The molecule has 2 aromatic heterocycles. The van der Waals surface area contributed by atoms with Crippen LogP contribution in [0.15, 0.2) is 53.6 Å². The third-order valence-electron chi connectivity index (χ3n) is 6.96. The number of benzene rings is 2. The molecule has 4 aromatic rings. The summed E-state index contributed by atoms with van der Waals surface area (Å²) in [6, 6.07) is 8.89. The van der Waals surface area contributed by atoms with Crippen molar-refractivity contribution in [1.29, 1.82) is 0 Å². The van der Waals surface area contributed by atoms with Crippen LogP contribution in [-0.4, -0.2) is 37.7 Å². The molecule has 0 saturated carbocycles. The van der Waals surface area contributed by atoms with Crippen molar-refractivity contribution in [2.24, 2.45) is 12.8 Å². The van der Waals surface area contributed by atoms with E-state index in [1.165, 1.54) is 21.8 Å². The van der Waals surface area contributed by atoms with Gasteiger partial charge in [0.1, 0.15) is 5.56 Å². The van der Waals surface area contributed by atoms with Gasteiger partial charge in [0.15, 0.2) is 11.6 Å². The Morgan fingerprint density at radius 2 is 1.95 bits per heavy atom. The summed E-state index contributed by atoms with van der Waals surface area (Å²) in [5, 5.41) is 5.57. The number of nitrogens with zero attached hydrogens (tertiary/aromatic N) is 3. The van der Waals surface area contributed by atoms with Crippen molar-refractivity contribution in [2.45, 2.75) is 20.0 Å². The van der Waals surface area contributed by atoms with Crippen molar-refractivity contribution < 1.29 is 18.4 Å². The average molecular weight is 560 g/mol. The number of amides is 2. The average Bonchev–Trinajstić information content (AvgIpc) is 3.59. The number of fused-ring (bicyclic) bond motifs is 1. The van der Waals surface area contributed by atoms with Crippen LogP contribution < -0.4 is 21.9 Å². The fourth-order valence-electron chi connectivity index (χ4n) is 4.66. The Balaban J connectivity index is 1.26. The lowest BCUT2D eigenvalue weighted by atomic mass is 10.0. The van der Waals surface area contributed by atoms with E-state index in [1.54, 1.807) is 32.2 Å². The molecule has 12 heteroatoms. The van der Waals surface area contributed by atoms with Crippen molar-refractivity contribution in [1.82, 2.24) is 24.6 Å². The van der Waals surface area contributed by atoms with Crippen LogP contribution in [0.2, 0.25) is 0 Å². The Bertz CT molecular complexity index is 1800. The molecule has 0 bridgehead atoms. The van der Waals surface area contributed by atoms with Gasteiger partial charge >= 0.3 is 0 Å². The Morgan fingerprint density at radius 1 is 1.15 bits per heavy atom. The van der Waals surface area contributed by atoms with E-state index in [9.17, 15) is 23.2 Å². The molecule has 41 heavy (non-hydrogen) atoms. The van der Waals surface area contributed by atoms with Crippen LogP contribution in [0.4, 0.5) is 14.5 Å². The molecule has 0 aliphatic carbocycles. The zero-order valence-corrected chi connectivity index (χ0v) is 22.3. The highest BCUT2D eigenvalue weighted by molar-refractivity contribution is 6.34. The molecule has 3 heterocycles. The molecule has 0 spiro atoms. The second kappa shape index (κ2) is 11.2. The number of halogens is 2. The fourth-order valence-corrected chi connectivity index (χ4v) is 4.66. The van der Waals surface area contributed by atoms with E-state index in [0.717, 1.165) is 29.0 Å². The summed E-state index contributed by atoms with van der Waals surface area (Å²) in [5.74, 6) is -2.78. The quantitative estimate of drug-likeness (QED) is 0.246. The van der Waals surface area contributed by atoms with Crippen molar-refractivity contribution >= 4 is 35.2 Å². The Labute approximate surface area is 233 Å². The van der Waals surface area contributed by atoms with Gasteiger partial charge in [0.05, 0.1) is 29.8 Å². The second-order valence-electron chi connectivity index (χ2n) is 9.50. The third-order valence-corrected chi connectivity index (χ3v) is 6.96. The first-order valence-electron chi connectivity index (χ1n) is 12.7. The number of anilines is 1. The molecule has 5 N–H and O–H groups in total. The van der Waals surface area contributed by atoms with Crippen LogP contribution >= 0.6 is 0 Å². The van der Waals surface area contributed by atoms with Gasteiger partial charge < -0.3 is 21.4 Å². The first-order chi connectivity index (χ1) is 19.7. The lowest BCUT2D eigenvalue weighted by molar-refractivity contribution is -0.110. The lowest BCUT2D eigenvalue weighted by Gasteiger charge is -2.08. The predicted molar refractivity (Wildman–Crippen MR) is 151 cm³/mol. The molecule has 2 amide bonds. The summed E-state index contributed by atoms with van der Waals surface area (Å²) in [6.45, 7) is 2.02. The number of H-pyrrole nitrogens is 1. The van der Waals surface area contributed by atoms with Crippen LogP contribution in [0.25, 0.3) is 17.7 Å². The SMILES string of the molecule is Cc1c(C(=O)NC/C=C/c2ccc3c(c2)NC(=O)C3=Cc2nc[nH]c2CN)c(=O)n(Cc2ccc(F)c(F)c2)n1C. The number of carbonyl (C=O) groups excluding carboxylic acids is 2. The number of hydrogen-bond acceptors (Lipinski definition) is 5. The number of nitrogens with one attached hydrogen (secondary N) is 3. The molecule has 0 atom stereocenters. The van der Waals surface area contributed by atoms with Crippen molar-refractivity contribution in [3.63, 3.8) is 0 Å². The molecule has 0 saturated heterocycles. The predicted octanol–water partition coefficient (Wildman–Crippen LogP) is 2.94. The van der Waals surface area contributed by atoms with E-state index in [2.05, 4.69) is 20.6 Å². The standard InChI is InChI=1S/C29H27F2N7O3/c1-16-26(29(41)38(37(16)2)14-18-6-8-21(30)22(31)10-18)28(40)33-9-3-4-17-5-7-19-20(27(39)36-23(19)11-17)12-24-25(13-32)35-15-34-24/h3-8,10-12,15H,9,13-14,32H2,1-2H3,(H,33,40)(H,34,35)(H,36,39)/b4-3+,20-12?. The molecule has 2 aromatic carbocycles. The van der Waals surface area contributed by atoms with E-state index in [0.29, 0.717) is 28.2 Å². The van der Waals surface area contributed by atoms with E-state index < -0.39 is 23.1 Å². The molecule has 0 fully saturated rings. The summed E-state index contributed by atoms with van der Waals surface area (Å²) in [5.41, 5.74) is 9.98. The normalized spacial score (nSPS) is 13.7. The Kier molecular flexibility index (Phi) is 7.49. The summed E-state index contributed by atoms with van der Waals surface area (Å²) >= 11 is 0.